The first-order valence-corrected chi connectivity index (χ1v) is 5.42. The lowest BCUT2D eigenvalue weighted by molar-refractivity contribution is -0.151. The minimum atomic E-state index is -4.48. The molecule has 0 unspecified atom stereocenters. The molecule has 0 spiro atoms. The molecule has 1 aliphatic heterocycles. The van der Waals surface area contributed by atoms with Crippen LogP contribution in [-0.4, -0.2) is 58.3 Å². The van der Waals surface area contributed by atoms with Crippen LogP contribution in [0.2, 0.25) is 0 Å². The molecule has 104 valence electrons. The molecule has 0 radical (unpaired) electrons. The Bertz CT molecular complexity index is 355. The highest BCUT2D eigenvalue weighted by molar-refractivity contribution is 5.86. The van der Waals surface area contributed by atoms with E-state index >= 15 is 0 Å². The minimum Gasteiger partial charge on any atom is -0.480 e. The largest absolute Gasteiger partial charge is 0.480 e. The van der Waals surface area contributed by atoms with E-state index in [0.29, 0.717) is 11.3 Å². The predicted molar refractivity (Wildman–Crippen MR) is 56.1 cm³/mol. The summed E-state index contributed by atoms with van der Waals surface area (Å²) in [5.41, 5.74) is -1.51. The number of urea groups is 1. The van der Waals surface area contributed by atoms with E-state index in [1.165, 1.54) is 13.8 Å². The van der Waals surface area contributed by atoms with Crippen LogP contribution in [0.15, 0.2) is 0 Å². The number of halogens is 3. The third kappa shape index (κ3) is 3.05. The van der Waals surface area contributed by atoms with Gasteiger partial charge in [-0.1, -0.05) is 0 Å². The van der Waals surface area contributed by atoms with Crippen molar-refractivity contribution in [1.29, 1.82) is 0 Å². The summed E-state index contributed by atoms with van der Waals surface area (Å²) < 4.78 is 36.8. The van der Waals surface area contributed by atoms with Gasteiger partial charge in [-0.2, -0.15) is 13.2 Å². The van der Waals surface area contributed by atoms with Crippen molar-refractivity contribution in [2.45, 2.75) is 32.0 Å². The molecule has 0 atom stereocenters. The molecule has 1 fully saturated rings. The summed E-state index contributed by atoms with van der Waals surface area (Å²) in [5, 5.41) is 9.00. The van der Waals surface area contributed by atoms with Crippen molar-refractivity contribution in [3.63, 3.8) is 0 Å². The first kappa shape index (κ1) is 14.6. The van der Waals surface area contributed by atoms with Gasteiger partial charge < -0.3 is 14.9 Å². The van der Waals surface area contributed by atoms with E-state index < -0.39 is 30.3 Å². The molecule has 1 heterocycles. The van der Waals surface area contributed by atoms with E-state index in [4.69, 9.17) is 5.11 Å². The van der Waals surface area contributed by atoms with Crippen molar-refractivity contribution in [3.8, 4) is 0 Å². The van der Waals surface area contributed by atoms with Crippen LogP contribution in [0, 0.1) is 0 Å². The molecule has 0 bridgehead atoms. The molecule has 18 heavy (non-hydrogen) atoms. The van der Waals surface area contributed by atoms with Crippen molar-refractivity contribution in [2.24, 2.45) is 0 Å². The number of carboxylic acids is 1. The first-order chi connectivity index (χ1) is 8.05. The fourth-order valence-corrected chi connectivity index (χ4v) is 1.78. The second-order valence-electron chi connectivity index (χ2n) is 4.69. The maximum absolute atomic E-state index is 12.3. The van der Waals surface area contributed by atoms with Crippen LogP contribution in [0.5, 0.6) is 0 Å². The topological polar surface area (TPSA) is 60.9 Å². The Morgan fingerprint density at radius 1 is 1.33 bits per heavy atom. The number of alkyl halides is 3. The Morgan fingerprint density at radius 3 is 2.33 bits per heavy atom. The third-order valence-electron chi connectivity index (χ3n) is 2.88. The predicted octanol–water partition coefficient (Wildman–Crippen LogP) is 1.54. The lowest BCUT2D eigenvalue weighted by atomic mass is 10.0. The Hall–Kier alpha value is -1.47. The van der Waals surface area contributed by atoms with E-state index in [1.54, 1.807) is 0 Å². The maximum Gasteiger partial charge on any atom is 0.406 e. The van der Waals surface area contributed by atoms with Crippen LogP contribution in [-0.2, 0) is 4.79 Å². The van der Waals surface area contributed by atoms with Crippen LogP contribution in [0.25, 0.3) is 0 Å². The fraction of sp³-hybridized carbons (Fsp3) is 0.800. The summed E-state index contributed by atoms with van der Waals surface area (Å²) in [7, 11) is 0. The lowest BCUT2D eigenvalue weighted by Gasteiger charge is -2.42. The number of hydrogen-bond donors (Lipinski definition) is 1. The van der Waals surface area contributed by atoms with Gasteiger partial charge in [0.1, 0.15) is 12.1 Å². The number of amides is 2. The summed E-state index contributed by atoms with van der Waals surface area (Å²) in [5.74, 6) is -1.25. The highest BCUT2D eigenvalue weighted by Gasteiger charge is 2.43. The Kier molecular flexibility index (Phi) is 3.78. The van der Waals surface area contributed by atoms with Gasteiger partial charge in [-0.15, -0.1) is 0 Å². The van der Waals surface area contributed by atoms with E-state index in [1.807, 2.05) is 0 Å². The molecule has 0 aromatic heterocycles. The minimum absolute atomic E-state index is 0.00938. The molecule has 2 amide bonds. The number of rotatable bonds is 3. The van der Waals surface area contributed by atoms with Crippen molar-refractivity contribution in [2.75, 3.05) is 19.6 Å². The van der Waals surface area contributed by atoms with Crippen LogP contribution in [0.3, 0.4) is 0 Å². The zero-order valence-electron chi connectivity index (χ0n) is 10.1. The van der Waals surface area contributed by atoms with Gasteiger partial charge in [-0.3, -0.25) is 0 Å². The van der Waals surface area contributed by atoms with Crippen LogP contribution in [0.1, 0.15) is 20.3 Å². The highest BCUT2D eigenvalue weighted by Crippen LogP contribution is 2.24. The lowest BCUT2D eigenvalue weighted by Crippen LogP contribution is -2.61. The summed E-state index contributed by atoms with van der Waals surface area (Å²) in [6.45, 7) is 1.38. The molecule has 1 rings (SSSR count). The van der Waals surface area contributed by atoms with Gasteiger partial charge in [-0.05, 0) is 20.3 Å². The Balaban J connectivity index is 2.85. The molecular weight excluding hydrogens is 253 g/mol. The monoisotopic (exact) mass is 268 g/mol. The van der Waals surface area contributed by atoms with Crippen molar-refractivity contribution >= 4 is 12.0 Å². The third-order valence-corrected chi connectivity index (χ3v) is 2.88. The van der Waals surface area contributed by atoms with Gasteiger partial charge >= 0.3 is 18.2 Å². The second-order valence-corrected chi connectivity index (χ2v) is 4.69. The summed E-state index contributed by atoms with van der Waals surface area (Å²) >= 11 is 0. The van der Waals surface area contributed by atoms with Crippen LogP contribution < -0.4 is 0 Å². The van der Waals surface area contributed by atoms with Gasteiger partial charge in [0.05, 0.1) is 0 Å². The van der Waals surface area contributed by atoms with Crippen molar-refractivity contribution in [1.82, 2.24) is 9.80 Å². The molecule has 0 aromatic carbocycles. The van der Waals surface area contributed by atoms with Crippen LogP contribution in [0.4, 0.5) is 18.0 Å². The molecule has 0 aliphatic carbocycles. The van der Waals surface area contributed by atoms with E-state index in [9.17, 15) is 22.8 Å². The first-order valence-electron chi connectivity index (χ1n) is 5.42. The van der Waals surface area contributed by atoms with Gasteiger partial charge in [0.25, 0.3) is 0 Å². The van der Waals surface area contributed by atoms with Gasteiger partial charge in [0, 0.05) is 13.1 Å². The number of carbonyl (C=O) groups is 2. The van der Waals surface area contributed by atoms with Gasteiger partial charge in [0.15, 0.2) is 0 Å². The van der Waals surface area contributed by atoms with E-state index in [-0.39, 0.29) is 13.1 Å². The molecule has 5 nitrogen and oxygen atoms in total. The normalized spacial score (nSPS) is 18.2. The number of nitrogens with zero attached hydrogens (tertiary/aromatic N) is 2. The average molecular weight is 268 g/mol. The number of hydrogen-bond acceptors (Lipinski definition) is 2. The van der Waals surface area contributed by atoms with Gasteiger partial charge in [-0.25, -0.2) is 9.59 Å². The average Bonchev–Trinajstić information content (AvgIpc) is 2.18. The Labute approximate surface area is 102 Å². The SMILES string of the molecule is CC(C)(C(=O)O)N1CCCN(CC(F)(F)F)C1=O. The van der Waals surface area contributed by atoms with E-state index in [2.05, 4.69) is 0 Å². The molecule has 1 N–H and O–H groups in total. The summed E-state index contributed by atoms with van der Waals surface area (Å²) in [6, 6.07) is -0.883. The summed E-state index contributed by atoms with van der Waals surface area (Å²) in [4.78, 5) is 24.5. The molecule has 0 aromatic rings. The van der Waals surface area contributed by atoms with Crippen molar-refractivity contribution < 1.29 is 27.9 Å². The quantitative estimate of drug-likeness (QED) is 0.844. The molecular formula is C10H15F3N2O3. The highest BCUT2D eigenvalue weighted by atomic mass is 19.4. The van der Waals surface area contributed by atoms with Crippen LogP contribution >= 0.6 is 0 Å². The molecule has 1 saturated heterocycles. The molecule has 0 saturated carbocycles. The standard InChI is InChI=1S/C10H15F3N2O3/c1-9(2,7(16)17)15-5-3-4-14(8(15)18)6-10(11,12)13/h3-6H2,1-2H3,(H,16,17). The summed E-state index contributed by atoms with van der Waals surface area (Å²) in [6.07, 6.45) is -4.16. The Morgan fingerprint density at radius 2 is 1.89 bits per heavy atom. The number of carbonyl (C=O) groups excluding carboxylic acids is 1. The van der Waals surface area contributed by atoms with Gasteiger partial charge in [0.2, 0.25) is 0 Å². The smallest absolute Gasteiger partial charge is 0.406 e. The molecule has 8 heteroatoms. The fourth-order valence-electron chi connectivity index (χ4n) is 1.78. The number of aliphatic carboxylic acids is 1. The maximum atomic E-state index is 12.3. The second kappa shape index (κ2) is 4.66. The molecule has 1 aliphatic rings. The number of carboxylic acid groups (broad SMARTS) is 1. The van der Waals surface area contributed by atoms with E-state index in [0.717, 1.165) is 4.90 Å². The zero-order chi connectivity index (χ0) is 14.1. The zero-order valence-corrected chi connectivity index (χ0v) is 10.1. The van der Waals surface area contributed by atoms with Crippen molar-refractivity contribution in [3.05, 3.63) is 0 Å².